The van der Waals surface area contributed by atoms with Crippen LogP contribution in [-0.4, -0.2) is 15.8 Å². The minimum absolute atomic E-state index is 0.0328. The van der Waals surface area contributed by atoms with Gasteiger partial charge in [0, 0.05) is 10.5 Å². The SMILES string of the molecule is Cc1ccc(CSC2(CC(=O)O)CCCCC2)cc1. The number of thioether (sulfide) groups is 1. The molecule has 0 saturated heterocycles. The zero-order valence-electron chi connectivity index (χ0n) is 11.5. The second-order valence-electron chi connectivity index (χ2n) is 5.59. The van der Waals surface area contributed by atoms with E-state index in [1.165, 1.54) is 30.4 Å². The second-order valence-corrected chi connectivity index (χ2v) is 7.03. The molecule has 1 aromatic carbocycles. The Balaban J connectivity index is 1.99. The van der Waals surface area contributed by atoms with Gasteiger partial charge in [0.15, 0.2) is 0 Å². The summed E-state index contributed by atoms with van der Waals surface area (Å²) in [6.07, 6.45) is 6.02. The number of carbonyl (C=O) groups is 1. The number of aliphatic carboxylic acids is 1. The molecule has 2 rings (SSSR count). The zero-order chi connectivity index (χ0) is 13.7. The molecule has 1 aromatic rings. The molecule has 0 heterocycles. The molecule has 104 valence electrons. The maximum atomic E-state index is 11.1. The van der Waals surface area contributed by atoms with Crippen LogP contribution in [0.25, 0.3) is 0 Å². The van der Waals surface area contributed by atoms with Crippen LogP contribution in [0.15, 0.2) is 24.3 Å². The van der Waals surface area contributed by atoms with E-state index in [-0.39, 0.29) is 4.75 Å². The highest BCUT2D eigenvalue weighted by atomic mass is 32.2. The van der Waals surface area contributed by atoms with E-state index in [9.17, 15) is 4.79 Å². The Labute approximate surface area is 119 Å². The predicted octanol–water partition coefficient (Wildman–Crippen LogP) is 4.41. The van der Waals surface area contributed by atoms with Crippen LogP contribution in [0.2, 0.25) is 0 Å². The number of rotatable bonds is 5. The summed E-state index contributed by atoms with van der Waals surface area (Å²) in [6.45, 7) is 2.09. The minimum Gasteiger partial charge on any atom is -0.481 e. The average molecular weight is 278 g/mol. The van der Waals surface area contributed by atoms with Crippen molar-refractivity contribution < 1.29 is 9.90 Å². The highest BCUT2D eigenvalue weighted by molar-refractivity contribution is 7.99. The van der Waals surface area contributed by atoms with Gasteiger partial charge in [-0.1, -0.05) is 49.1 Å². The maximum absolute atomic E-state index is 11.1. The Kier molecular flexibility index (Phi) is 4.92. The van der Waals surface area contributed by atoms with Crippen molar-refractivity contribution in [1.82, 2.24) is 0 Å². The molecular formula is C16H22O2S. The van der Waals surface area contributed by atoms with Crippen molar-refractivity contribution in [1.29, 1.82) is 0 Å². The molecule has 1 saturated carbocycles. The summed E-state index contributed by atoms with van der Waals surface area (Å²) in [4.78, 5) is 11.1. The Bertz CT molecular complexity index is 419. The normalized spacial score (nSPS) is 18.2. The predicted molar refractivity (Wildman–Crippen MR) is 80.5 cm³/mol. The Morgan fingerprint density at radius 2 is 1.84 bits per heavy atom. The second kappa shape index (κ2) is 6.47. The lowest BCUT2D eigenvalue weighted by molar-refractivity contribution is -0.137. The molecule has 1 fully saturated rings. The van der Waals surface area contributed by atoms with E-state index in [1.807, 2.05) is 11.8 Å². The topological polar surface area (TPSA) is 37.3 Å². The largest absolute Gasteiger partial charge is 0.481 e. The standard InChI is InChI=1S/C16H22O2S/c1-13-5-7-14(8-6-13)12-19-16(11-15(17)18)9-3-2-4-10-16/h5-8H,2-4,9-12H2,1H3,(H,17,18). The molecule has 1 aliphatic rings. The lowest BCUT2D eigenvalue weighted by Gasteiger charge is -2.35. The molecule has 1 N–H and O–H groups in total. The highest BCUT2D eigenvalue weighted by Gasteiger charge is 2.34. The molecule has 19 heavy (non-hydrogen) atoms. The summed E-state index contributed by atoms with van der Waals surface area (Å²) in [5, 5.41) is 9.15. The molecular weight excluding hydrogens is 256 g/mol. The van der Waals surface area contributed by atoms with E-state index < -0.39 is 5.97 Å². The van der Waals surface area contributed by atoms with Gasteiger partial charge in [0.2, 0.25) is 0 Å². The van der Waals surface area contributed by atoms with Crippen LogP contribution in [-0.2, 0) is 10.5 Å². The Morgan fingerprint density at radius 1 is 1.21 bits per heavy atom. The van der Waals surface area contributed by atoms with Crippen molar-refractivity contribution in [3.05, 3.63) is 35.4 Å². The monoisotopic (exact) mass is 278 g/mol. The average Bonchev–Trinajstić information content (AvgIpc) is 2.38. The fourth-order valence-corrected chi connectivity index (χ4v) is 4.23. The summed E-state index contributed by atoms with van der Waals surface area (Å²) >= 11 is 1.85. The summed E-state index contributed by atoms with van der Waals surface area (Å²) in [6, 6.07) is 8.56. The summed E-state index contributed by atoms with van der Waals surface area (Å²) in [5.41, 5.74) is 2.57. The van der Waals surface area contributed by atoms with E-state index in [4.69, 9.17) is 5.11 Å². The lowest BCUT2D eigenvalue weighted by atomic mass is 9.86. The van der Waals surface area contributed by atoms with Gasteiger partial charge in [-0.3, -0.25) is 4.79 Å². The van der Waals surface area contributed by atoms with Gasteiger partial charge < -0.3 is 5.11 Å². The van der Waals surface area contributed by atoms with Crippen LogP contribution in [0.1, 0.15) is 49.7 Å². The molecule has 0 aliphatic heterocycles. The molecule has 0 spiro atoms. The molecule has 2 nitrogen and oxygen atoms in total. The van der Waals surface area contributed by atoms with Crippen LogP contribution in [0.4, 0.5) is 0 Å². The molecule has 0 amide bonds. The van der Waals surface area contributed by atoms with Crippen molar-refractivity contribution in [2.24, 2.45) is 0 Å². The number of carboxylic acids is 1. The number of hydrogen-bond acceptors (Lipinski definition) is 2. The fraction of sp³-hybridized carbons (Fsp3) is 0.562. The molecule has 0 radical (unpaired) electrons. The van der Waals surface area contributed by atoms with Gasteiger partial charge in [-0.25, -0.2) is 0 Å². The third-order valence-electron chi connectivity index (χ3n) is 3.90. The minimum atomic E-state index is -0.654. The Hall–Kier alpha value is -0.960. The highest BCUT2D eigenvalue weighted by Crippen LogP contribution is 2.44. The van der Waals surface area contributed by atoms with Gasteiger partial charge in [-0.15, -0.1) is 11.8 Å². The lowest BCUT2D eigenvalue weighted by Crippen LogP contribution is -2.31. The summed E-state index contributed by atoms with van der Waals surface area (Å²) in [7, 11) is 0. The van der Waals surface area contributed by atoms with Crippen LogP contribution >= 0.6 is 11.8 Å². The van der Waals surface area contributed by atoms with E-state index in [0.29, 0.717) is 6.42 Å². The quantitative estimate of drug-likeness (QED) is 0.867. The van der Waals surface area contributed by atoms with Crippen LogP contribution in [0.5, 0.6) is 0 Å². The molecule has 0 atom stereocenters. The molecule has 0 aromatic heterocycles. The fourth-order valence-electron chi connectivity index (χ4n) is 2.76. The molecule has 1 aliphatic carbocycles. The first kappa shape index (κ1) is 14.4. The van der Waals surface area contributed by atoms with Gasteiger partial charge in [0.05, 0.1) is 6.42 Å². The van der Waals surface area contributed by atoms with Crippen LogP contribution in [0.3, 0.4) is 0 Å². The van der Waals surface area contributed by atoms with Gasteiger partial charge >= 0.3 is 5.97 Å². The van der Waals surface area contributed by atoms with E-state index in [2.05, 4.69) is 31.2 Å². The van der Waals surface area contributed by atoms with E-state index in [0.717, 1.165) is 18.6 Å². The van der Waals surface area contributed by atoms with Crippen molar-refractivity contribution in [2.45, 2.75) is 55.9 Å². The smallest absolute Gasteiger partial charge is 0.304 e. The van der Waals surface area contributed by atoms with E-state index >= 15 is 0 Å². The molecule has 0 unspecified atom stereocenters. The van der Waals surface area contributed by atoms with Crippen LogP contribution in [0, 0.1) is 6.92 Å². The van der Waals surface area contributed by atoms with Gasteiger partial charge in [0.1, 0.15) is 0 Å². The number of benzene rings is 1. The van der Waals surface area contributed by atoms with Crippen molar-refractivity contribution in [3.63, 3.8) is 0 Å². The third-order valence-corrected chi connectivity index (χ3v) is 5.55. The van der Waals surface area contributed by atoms with Crippen molar-refractivity contribution in [2.75, 3.05) is 0 Å². The third kappa shape index (κ3) is 4.27. The molecule has 3 heteroatoms. The Morgan fingerprint density at radius 3 is 2.42 bits per heavy atom. The summed E-state index contributed by atoms with van der Waals surface area (Å²) in [5.74, 6) is 0.270. The first-order valence-corrected chi connectivity index (χ1v) is 8.00. The number of carboxylic acid groups (broad SMARTS) is 1. The van der Waals surface area contributed by atoms with Crippen molar-refractivity contribution >= 4 is 17.7 Å². The number of aryl methyl sites for hydroxylation is 1. The number of hydrogen-bond donors (Lipinski definition) is 1. The van der Waals surface area contributed by atoms with Crippen LogP contribution < -0.4 is 0 Å². The first-order chi connectivity index (χ1) is 9.10. The van der Waals surface area contributed by atoms with E-state index in [1.54, 1.807) is 0 Å². The summed E-state index contributed by atoms with van der Waals surface area (Å²) < 4.78 is -0.0328. The molecule has 0 bridgehead atoms. The van der Waals surface area contributed by atoms with Gasteiger partial charge in [-0.05, 0) is 25.3 Å². The van der Waals surface area contributed by atoms with Crippen molar-refractivity contribution in [3.8, 4) is 0 Å². The zero-order valence-corrected chi connectivity index (χ0v) is 12.3. The maximum Gasteiger partial charge on any atom is 0.304 e. The first-order valence-electron chi connectivity index (χ1n) is 7.01. The van der Waals surface area contributed by atoms with Gasteiger partial charge in [0.25, 0.3) is 0 Å². The van der Waals surface area contributed by atoms with Gasteiger partial charge in [-0.2, -0.15) is 0 Å².